The highest BCUT2D eigenvalue weighted by atomic mass is 32.1. The van der Waals surface area contributed by atoms with Crippen LogP contribution in [0.2, 0.25) is 0 Å². The molecule has 1 N–H and O–H groups in total. The van der Waals surface area contributed by atoms with Gasteiger partial charge in [0.1, 0.15) is 16.1 Å². The number of fused-ring (bicyclic) bond motifs is 2. The Labute approximate surface area is 197 Å². The molecule has 7 heteroatoms. The van der Waals surface area contributed by atoms with E-state index in [1.807, 2.05) is 6.07 Å². The van der Waals surface area contributed by atoms with Gasteiger partial charge in [-0.1, -0.05) is 45.4 Å². The molecule has 0 fully saturated rings. The Morgan fingerprint density at radius 1 is 1.24 bits per heavy atom. The first-order valence-electron chi connectivity index (χ1n) is 11.4. The minimum atomic E-state index is -0.713. The van der Waals surface area contributed by atoms with E-state index in [0.29, 0.717) is 27.5 Å². The summed E-state index contributed by atoms with van der Waals surface area (Å²) in [6.07, 6.45) is 3.69. The molecular formula is C26H29NO5S. The second kappa shape index (κ2) is 9.14. The second-order valence-electron chi connectivity index (χ2n) is 9.15. The highest BCUT2D eigenvalue weighted by Crippen LogP contribution is 2.45. The molecule has 2 heterocycles. The van der Waals surface area contributed by atoms with Crippen molar-refractivity contribution in [2.45, 2.75) is 53.4 Å². The Balaban J connectivity index is 1.70. The summed E-state index contributed by atoms with van der Waals surface area (Å²) in [6.45, 7) is 8.77. The normalized spacial score (nSPS) is 15.8. The standard InChI is InChI=1S/C26H29NO5S/c1-5-26(3,4)16-11-12-17-20(14-16)33-23(21(17)25(30)31-6-2)27-22(28)18-13-15-9-7-8-10-19(15)32-24(18)29/h7-10,13,16H,5-6,11-12,14H2,1-4H3,(H,27,28). The fourth-order valence-corrected chi connectivity index (χ4v) is 5.75. The van der Waals surface area contributed by atoms with Crippen molar-refractivity contribution in [3.8, 4) is 0 Å². The van der Waals surface area contributed by atoms with Gasteiger partial charge in [-0.15, -0.1) is 11.3 Å². The molecule has 1 aromatic carbocycles. The van der Waals surface area contributed by atoms with Crippen LogP contribution in [-0.2, 0) is 17.6 Å². The van der Waals surface area contributed by atoms with Crippen LogP contribution in [0.25, 0.3) is 11.0 Å². The van der Waals surface area contributed by atoms with E-state index < -0.39 is 17.5 Å². The zero-order chi connectivity index (χ0) is 23.8. The zero-order valence-electron chi connectivity index (χ0n) is 19.4. The second-order valence-corrected chi connectivity index (χ2v) is 10.3. The summed E-state index contributed by atoms with van der Waals surface area (Å²) in [6, 6.07) is 8.55. The van der Waals surface area contributed by atoms with Gasteiger partial charge >= 0.3 is 11.6 Å². The molecule has 0 spiro atoms. The summed E-state index contributed by atoms with van der Waals surface area (Å²) in [5.41, 5.74) is 1.18. The number of benzene rings is 1. The van der Waals surface area contributed by atoms with Crippen molar-refractivity contribution >= 4 is 39.2 Å². The van der Waals surface area contributed by atoms with E-state index in [9.17, 15) is 14.4 Å². The summed E-state index contributed by atoms with van der Waals surface area (Å²) in [4.78, 5) is 39.5. The van der Waals surface area contributed by atoms with Crippen LogP contribution >= 0.6 is 11.3 Å². The lowest BCUT2D eigenvalue weighted by Crippen LogP contribution is -2.28. The molecule has 0 bridgehead atoms. The van der Waals surface area contributed by atoms with Crippen LogP contribution in [0.15, 0.2) is 39.5 Å². The molecular weight excluding hydrogens is 438 g/mol. The number of carbonyl (C=O) groups is 2. The molecule has 0 aliphatic heterocycles. The van der Waals surface area contributed by atoms with Crippen LogP contribution in [0.5, 0.6) is 0 Å². The van der Waals surface area contributed by atoms with E-state index in [0.717, 1.165) is 36.1 Å². The van der Waals surface area contributed by atoms with Crippen molar-refractivity contribution in [3.05, 3.63) is 62.3 Å². The van der Waals surface area contributed by atoms with E-state index in [-0.39, 0.29) is 17.6 Å². The summed E-state index contributed by atoms with van der Waals surface area (Å²) < 4.78 is 10.6. The molecule has 174 valence electrons. The Morgan fingerprint density at radius 3 is 2.73 bits per heavy atom. The minimum Gasteiger partial charge on any atom is -0.462 e. The smallest absolute Gasteiger partial charge is 0.349 e. The average molecular weight is 468 g/mol. The van der Waals surface area contributed by atoms with Crippen LogP contribution in [0.4, 0.5) is 5.00 Å². The number of nitrogens with one attached hydrogen (secondary N) is 1. The molecule has 0 radical (unpaired) electrons. The van der Waals surface area contributed by atoms with Gasteiger partial charge in [0.15, 0.2) is 0 Å². The Bertz CT molecular complexity index is 1270. The molecule has 1 atom stereocenters. The number of thiophene rings is 1. The number of ether oxygens (including phenoxy) is 1. The molecule has 0 saturated heterocycles. The molecule has 1 unspecified atom stereocenters. The van der Waals surface area contributed by atoms with Crippen LogP contribution in [-0.4, -0.2) is 18.5 Å². The van der Waals surface area contributed by atoms with Gasteiger partial charge < -0.3 is 14.5 Å². The number of esters is 1. The summed E-state index contributed by atoms with van der Waals surface area (Å²) in [5, 5.41) is 3.91. The third-order valence-corrected chi connectivity index (χ3v) is 8.04. The molecule has 4 rings (SSSR count). The van der Waals surface area contributed by atoms with Gasteiger partial charge in [-0.25, -0.2) is 9.59 Å². The maximum absolute atomic E-state index is 13.1. The summed E-state index contributed by atoms with van der Waals surface area (Å²) >= 11 is 1.41. The predicted octanol–water partition coefficient (Wildman–Crippen LogP) is 5.82. The van der Waals surface area contributed by atoms with Crippen molar-refractivity contribution in [2.75, 3.05) is 11.9 Å². The lowest BCUT2D eigenvalue weighted by atomic mass is 9.69. The molecule has 2 aromatic heterocycles. The van der Waals surface area contributed by atoms with E-state index in [1.54, 1.807) is 25.1 Å². The first-order valence-corrected chi connectivity index (χ1v) is 12.2. The third kappa shape index (κ3) is 4.47. The van der Waals surface area contributed by atoms with Crippen LogP contribution in [0.1, 0.15) is 71.7 Å². The van der Waals surface area contributed by atoms with Gasteiger partial charge in [0.05, 0.1) is 12.2 Å². The van der Waals surface area contributed by atoms with E-state index in [1.165, 1.54) is 17.4 Å². The quantitative estimate of drug-likeness (QED) is 0.364. The van der Waals surface area contributed by atoms with Crippen molar-refractivity contribution in [2.24, 2.45) is 11.3 Å². The maximum atomic E-state index is 13.1. The SMILES string of the molecule is CCOC(=O)c1c(NC(=O)c2cc3ccccc3oc2=O)sc2c1CCC(C(C)(C)CC)C2. The largest absolute Gasteiger partial charge is 0.462 e. The molecule has 0 saturated carbocycles. The average Bonchev–Trinajstić information content (AvgIpc) is 3.15. The summed E-state index contributed by atoms with van der Waals surface area (Å²) in [5.74, 6) is -0.534. The Kier molecular flexibility index (Phi) is 6.43. The number of anilines is 1. The molecule has 33 heavy (non-hydrogen) atoms. The first kappa shape index (κ1) is 23.2. The van der Waals surface area contributed by atoms with Gasteiger partial charge in [0.2, 0.25) is 0 Å². The lowest BCUT2D eigenvalue weighted by molar-refractivity contribution is 0.0526. The van der Waals surface area contributed by atoms with Crippen molar-refractivity contribution < 1.29 is 18.7 Å². The number of hydrogen-bond acceptors (Lipinski definition) is 6. The van der Waals surface area contributed by atoms with E-state index in [4.69, 9.17) is 9.15 Å². The number of carbonyl (C=O) groups excluding carboxylic acids is 2. The molecule has 1 amide bonds. The number of para-hydroxylation sites is 1. The van der Waals surface area contributed by atoms with Gasteiger partial charge in [-0.05, 0) is 55.2 Å². The molecule has 3 aromatic rings. The fraction of sp³-hybridized carbons (Fsp3) is 0.423. The lowest BCUT2D eigenvalue weighted by Gasteiger charge is -2.36. The maximum Gasteiger partial charge on any atom is 0.349 e. The van der Waals surface area contributed by atoms with Crippen molar-refractivity contribution in [1.82, 2.24) is 0 Å². The third-order valence-electron chi connectivity index (χ3n) is 6.87. The van der Waals surface area contributed by atoms with Crippen molar-refractivity contribution in [3.63, 3.8) is 0 Å². The van der Waals surface area contributed by atoms with Crippen LogP contribution in [0, 0.1) is 11.3 Å². The minimum absolute atomic E-state index is 0.0973. The monoisotopic (exact) mass is 467 g/mol. The number of amides is 1. The van der Waals surface area contributed by atoms with Gasteiger partial charge in [-0.3, -0.25) is 4.79 Å². The fourth-order valence-electron chi connectivity index (χ4n) is 4.44. The zero-order valence-corrected chi connectivity index (χ0v) is 20.3. The van der Waals surface area contributed by atoms with E-state index in [2.05, 4.69) is 26.1 Å². The Hall–Kier alpha value is -2.93. The highest BCUT2D eigenvalue weighted by molar-refractivity contribution is 7.17. The highest BCUT2D eigenvalue weighted by Gasteiger charge is 2.36. The topological polar surface area (TPSA) is 85.6 Å². The summed E-state index contributed by atoms with van der Waals surface area (Å²) in [7, 11) is 0. The van der Waals surface area contributed by atoms with Gasteiger partial charge in [0, 0.05) is 10.3 Å². The first-order chi connectivity index (χ1) is 15.7. The molecule has 1 aliphatic rings. The van der Waals surface area contributed by atoms with Crippen molar-refractivity contribution in [1.29, 1.82) is 0 Å². The number of rotatable bonds is 6. The predicted molar refractivity (Wildman–Crippen MR) is 130 cm³/mol. The molecule has 6 nitrogen and oxygen atoms in total. The number of hydrogen-bond donors (Lipinski definition) is 1. The van der Waals surface area contributed by atoms with Gasteiger partial charge in [0.25, 0.3) is 5.91 Å². The van der Waals surface area contributed by atoms with Gasteiger partial charge in [-0.2, -0.15) is 0 Å². The molecule has 1 aliphatic carbocycles. The Morgan fingerprint density at radius 2 is 2.00 bits per heavy atom. The van der Waals surface area contributed by atoms with Crippen LogP contribution < -0.4 is 10.9 Å². The van der Waals surface area contributed by atoms with Crippen LogP contribution in [0.3, 0.4) is 0 Å². The van der Waals surface area contributed by atoms with E-state index >= 15 is 0 Å².